The third kappa shape index (κ3) is 59.7. The zero-order chi connectivity index (χ0) is 63.9. The maximum atomic E-state index is 13.0. The predicted molar refractivity (Wildman–Crippen MR) is 344 cm³/mol. The number of phosphoric ester groups is 2. The summed E-state index contributed by atoms with van der Waals surface area (Å²) in [5.74, 6) is 0.796. The van der Waals surface area contributed by atoms with Crippen LogP contribution in [0, 0.1) is 23.7 Å². The fraction of sp³-hybridized carbons (Fsp3) is 0.940. The highest BCUT2D eigenvalue weighted by Crippen LogP contribution is 2.45. The third-order valence-electron chi connectivity index (χ3n) is 15.7. The van der Waals surface area contributed by atoms with E-state index >= 15 is 0 Å². The van der Waals surface area contributed by atoms with E-state index in [-0.39, 0.29) is 25.7 Å². The summed E-state index contributed by atoms with van der Waals surface area (Å²) in [6.07, 6.45) is 37.7. The van der Waals surface area contributed by atoms with E-state index in [1.54, 1.807) is 0 Å². The van der Waals surface area contributed by atoms with Crippen LogP contribution in [0.2, 0.25) is 0 Å². The molecule has 19 heteroatoms. The highest BCUT2D eigenvalue weighted by atomic mass is 31.2. The van der Waals surface area contributed by atoms with Crippen molar-refractivity contribution in [2.45, 2.75) is 343 Å². The van der Waals surface area contributed by atoms with Crippen molar-refractivity contribution in [3.8, 4) is 0 Å². The van der Waals surface area contributed by atoms with E-state index < -0.39 is 97.5 Å². The zero-order valence-electron chi connectivity index (χ0n) is 55.9. The van der Waals surface area contributed by atoms with Gasteiger partial charge in [-0.15, -0.1) is 0 Å². The summed E-state index contributed by atoms with van der Waals surface area (Å²) >= 11 is 0. The number of carbonyl (C=O) groups excluding carboxylic acids is 4. The number of rotatable bonds is 64. The smallest absolute Gasteiger partial charge is 0.462 e. The molecule has 6 atom stereocenters. The van der Waals surface area contributed by atoms with E-state index in [2.05, 4.69) is 55.4 Å². The highest BCUT2D eigenvalue weighted by molar-refractivity contribution is 7.47. The molecule has 0 aliphatic rings. The van der Waals surface area contributed by atoms with E-state index in [0.29, 0.717) is 31.6 Å². The molecular formula is C67H130O17P2. The van der Waals surface area contributed by atoms with Gasteiger partial charge in [0.2, 0.25) is 0 Å². The first kappa shape index (κ1) is 84.1. The van der Waals surface area contributed by atoms with Gasteiger partial charge in [0.15, 0.2) is 12.2 Å². The molecule has 0 fully saturated rings. The first-order valence-corrected chi connectivity index (χ1v) is 37.7. The Balaban J connectivity index is 5.24. The van der Waals surface area contributed by atoms with E-state index in [1.165, 1.54) is 122 Å². The maximum Gasteiger partial charge on any atom is 0.472 e. The summed E-state index contributed by atoms with van der Waals surface area (Å²) in [5, 5.41) is 10.6. The van der Waals surface area contributed by atoms with Crippen molar-refractivity contribution in [2.24, 2.45) is 23.7 Å². The summed E-state index contributed by atoms with van der Waals surface area (Å²) in [6.45, 7) is 14.0. The van der Waals surface area contributed by atoms with Crippen LogP contribution in [0.15, 0.2) is 0 Å². The second-order valence-corrected chi connectivity index (χ2v) is 28.8. The molecule has 0 aromatic rings. The van der Waals surface area contributed by atoms with Gasteiger partial charge in [0, 0.05) is 25.7 Å². The number of esters is 4. The molecule has 0 bridgehead atoms. The normalized spacial score (nSPS) is 14.7. The Hall–Kier alpha value is -1.94. The lowest BCUT2D eigenvalue weighted by Crippen LogP contribution is -2.30. The van der Waals surface area contributed by atoms with Gasteiger partial charge in [-0.25, -0.2) is 9.13 Å². The first-order chi connectivity index (χ1) is 41.1. The fourth-order valence-electron chi connectivity index (χ4n) is 9.93. The lowest BCUT2D eigenvalue weighted by atomic mass is 10.00. The van der Waals surface area contributed by atoms with Crippen molar-refractivity contribution < 1.29 is 80.2 Å². The average molecular weight is 1270 g/mol. The summed E-state index contributed by atoms with van der Waals surface area (Å²) in [7, 11) is -9.90. The summed E-state index contributed by atoms with van der Waals surface area (Å²) < 4.78 is 68.1. The van der Waals surface area contributed by atoms with E-state index in [4.69, 9.17) is 37.0 Å². The van der Waals surface area contributed by atoms with Gasteiger partial charge in [0.25, 0.3) is 0 Å². The standard InChI is InChI=1S/C67H130O17P2/c1-9-60(8)46-38-30-25-26-34-42-50-67(72)84-63(54-77-64(69)47-39-31-22-16-12-10-11-14-19-27-35-43-57(2)3)56-82-86(75,76)80-52-61(68)51-79-85(73,74)81-55-62(53-78-65(70)48-40-32-24-18-21-29-37-45-59(6)7)83-66(71)49-41-33-23-17-13-15-20-28-36-44-58(4)5/h57-63,68H,9-56H2,1-8H3,(H,73,74)(H,75,76)/t60?,61?,62-,63-/m1/s1. The third-order valence-corrected chi connectivity index (χ3v) is 17.6. The number of carbonyl (C=O) groups is 4. The maximum absolute atomic E-state index is 13.0. The summed E-state index contributed by atoms with van der Waals surface area (Å²) in [4.78, 5) is 72.4. The number of aliphatic hydroxyl groups excluding tert-OH is 1. The SMILES string of the molecule is CCC(C)CCCCCCCCC(=O)O[C@H](COC(=O)CCCCCCCCCCCCCC(C)C)COP(=O)(O)OCC(O)COP(=O)(O)OC[C@@H](COC(=O)CCCCCCCCCC(C)C)OC(=O)CCCCCCCCCCCC(C)C. The molecule has 86 heavy (non-hydrogen) atoms. The summed E-state index contributed by atoms with van der Waals surface area (Å²) in [5.41, 5.74) is 0. The van der Waals surface area contributed by atoms with Crippen LogP contribution in [0.5, 0.6) is 0 Å². The van der Waals surface area contributed by atoms with Crippen molar-refractivity contribution in [1.82, 2.24) is 0 Å². The Morgan fingerprint density at radius 1 is 0.326 bits per heavy atom. The van der Waals surface area contributed by atoms with Gasteiger partial charge in [0.1, 0.15) is 19.3 Å². The van der Waals surface area contributed by atoms with Gasteiger partial charge in [0.05, 0.1) is 26.4 Å². The monoisotopic (exact) mass is 1270 g/mol. The van der Waals surface area contributed by atoms with E-state index in [0.717, 1.165) is 114 Å². The van der Waals surface area contributed by atoms with Gasteiger partial charge in [-0.2, -0.15) is 0 Å². The van der Waals surface area contributed by atoms with Crippen molar-refractivity contribution in [3.05, 3.63) is 0 Å². The Bertz CT molecular complexity index is 1720. The minimum atomic E-state index is -4.95. The summed E-state index contributed by atoms with van der Waals surface area (Å²) in [6, 6.07) is 0. The molecule has 0 aliphatic heterocycles. The molecule has 0 saturated heterocycles. The largest absolute Gasteiger partial charge is 0.472 e. The number of aliphatic hydroxyl groups is 1. The van der Waals surface area contributed by atoms with Gasteiger partial charge in [-0.3, -0.25) is 37.3 Å². The molecule has 0 aromatic carbocycles. The van der Waals surface area contributed by atoms with Crippen LogP contribution in [0.1, 0.15) is 325 Å². The van der Waals surface area contributed by atoms with Crippen LogP contribution in [0.4, 0.5) is 0 Å². The minimum Gasteiger partial charge on any atom is -0.462 e. The highest BCUT2D eigenvalue weighted by Gasteiger charge is 2.30. The number of hydrogen-bond acceptors (Lipinski definition) is 15. The van der Waals surface area contributed by atoms with Crippen molar-refractivity contribution >= 4 is 39.5 Å². The quantitative estimate of drug-likeness (QED) is 0.0222. The van der Waals surface area contributed by atoms with Gasteiger partial charge in [-0.05, 0) is 49.4 Å². The molecule has 0 aliphatic carbocycles. The molecular weight excluding hydrogens is 1140 g/mol. The number of phosphoric acid groups is 2. The molecule has 17 nitrogen and oxygen atoms in total. The predicted octanol–water partition coefficient (Wildman–Crippen LogP) is 18.5. The second kappa shape index (κ2) is 57.0. The average Bonchev–Trinajstić information content (AvgIpc) is 3.67. The van der Waals surface area contributed by atoms with Gasteiger partial charge in [-0.1, -0.05) is 274 Å². The van der Waals surface area contributed by atoms with Crippen molar-refractivity contribution in [1.29, 1.82) is 0 Å². The first-order valence-electron chi connectivity index (χ1n) is 34.7. The van der Waals surface area contributed by atoms with Crippen LogP contribution in [-0.2, 0) is 65.4 Å². The zero-order valence-corrected chi connectivity index (χ0v) is 57.7. The molecule has 510 valence electrons. The van der Waals surface area contributed by atoms with Crippen LogP contribution >= 0.6 is 15.6 Å². The van der Waals surface area contributed by atoms with E-state index in [1.807, 2.05) is 0 Å². The molecule has 0 rings (SSSR count). The number of ether oxygens (including phenoxy) is 4. The molecule has 3 N–H and O–H groups in total. The molecule has 4 unspecified atom stereocenters. The molecule has 0 amide bonds. The molecule has 0 spiro atoms. The van der Waals surface area contributed by atoms with Crippen LogP contribution in [-0.4, -0.2) is 96.7 Å². The lowest BCUT2D eigenvalue weighted by molar-refractivity contribution is -0.161. The Kier molecular flexibility index (Phi) is 55.7. The van der Waals surface area contributed by atoms with Crippen LogP contribution in [0.3, 0.4) is 0 Å². The lowest BCUT2D eigenvalue weighted by Gasteiger charge is -2.21. The van der Waals surface area contributed by atoms with Crippen molar-refractivity contribution in [3.63, 3.8) is 0 Å². The Labute approximate surface area is 524 Å². The van der Waals surface area contributed by atoms with Crippen molar-refractivity contribution in [2.75, 3.05) is 39.6 Å². The fourth-order valence-corrected chi connectivity index (χ4v) is 11.5. The second-order valence-electron chi connectivity index (χ2n) is 25.9. The van der Waals surface area contributed by atoms with Crippen LogP contribution in [0.25, 0.3) is 0 Å². The van der Waals surface area contributed by atoms with Crippen LogP contribution < -0.4 is 0 Å². The van der Waals surface area contributed by atoms with Gasteiger partial charge >= 0.3 is 39.5 Å². The topological polar surface area (TPSA) is 237 Å². The minimum absolute atomic E-state index is 0.102. The number of hydrogen-bond donors (Lipinski definition) is 3. The molecule has 0 aromatic heterocycles. The molecule has 0 radical (unpaired) electrons. The van der Waals surface area contributed by atoms with E-state index in [9.17, 15) is 43.2 Å². The number of unbranched alkanes of at least 4 members (excludes halogenated alkanes) is 29. The molecule has 0 saturated carbocycles. The van der Waals surface area contributed by atoms with Gasteiger partial charge < -0.3 is 33.8 Å². The molecule has 0 heterocycles. The Morgan fingerprint density at radius 2 is 0.558 bits per heavy atom. The Morgan fingerprint density at radius 3 is 0.826 bits per heavy atom.